The zero-order valence-electron chi connectivity index (χ0n) is 9.90. The molecule has 2 rings (SSSR count). The smallest absolute Gasteiger partial charge is 0.137 e. The minimum atomic E-state index is 0.112. The fraction of sp³-hybridized carbons (Fsp3) is 0.538. The Labute approximate surface area is 96.8 Å². The second-order valence-electron chi connectivity index (χ2n) is 4.23. The minimum absolute atomic E-state index is 0.112. The highest BCUT2D eigenvalue weighted by molar-refractivity contribution is 5.26. The van der Waals surface area contributed by atoms with Gasteiger partial charge in [0, 0.05) is 12.6 Å². The lowest BCUT2D eigenvalue weighted by Crippen LogP contribution is -2.48. The van der Waals surface area contributed by atoms with Crippen molar-refractivity contribution in [3.63, 3.8) is 0 Å². The van der Waals surface area contributed by atoms with Gasteiger partial charge in [-0.05, 0) is 32.5 Å². The van der Waals surface area contributed by atoms with E-state index in [0.717, 1.165) is 18.8 Å². The largest absolute Gasteiger partial charge is 0.486 e. The second-order valence-corrected chi connectivity index (χ2v) is 4.23. The fourth-order valence-electron chi connectivity index (χ4n) is 1.95. The van der Waals surface area contributed by atoms with Crippen LogP contribution in [0.2, 0.25) is 0 Å². The first-order chi connectivity index (χ1) is 7.79. The van der Waals surface area contributed by atoms with Crippen LogP contribution in [0, 0.1) is 6.92 Å². The van der Waals surface area contributed by atoms with Crippen molar-refractivity contribution in [3.05, 3.63) is 29.8 Å². The normalized spacial score (nSPS) is 25.4. The van der Waals surface area contributed by atoms with E-state index in [2.05, 4.69) is 24.4 Å². The maximum Gasteiger partial charge on any atom is 0.137 e. The summed E-state index contributed by atoms with van der Waals surface area (Å²) >= 11 is 0. The van der Waals surface area contributed by atoms with Crippen LogP contribution in [0.4, 0.5) is 0 Å². The molecule has 0 saturated carbocycles. The molecule has 2 unspecified atom stereocenters. The number of hydrogen-bond donors (Lipinski definition) is 1. The summed E-state index contributed by atoms with van der Waals surface area (Å²) in [7, 11) is 1.97. The van der Waals surface area contributed by atoms with Crippen LogP contribution in [0.5, 0.6) is 5.75 Å². The van der Waals surface area contributed by atoms with Crippen molar-refractivity contribution in [1.29, 1.82) is 0 Å². The van der Waals surface area contributed by atoms with E-state index in [1.165, 1.54) is 5.56 Å². The van der Waals surface area contributed by atoms with Crippen LogP contribution in [0.1, 0.15) is 12.0 Å². The van der Waals surface area contributed by atoms with E-state index in [9.17, 15) is 0 Å². The Morgan fingerprint density at radius 1 is 1.31 bits per heavy atom. The van der Waals surface area contributed by atoms with Crippen molar-refractivity contribution in [2.45, 2.75) is 25.5 Å². The summed E-state index contributed by atoms with van der Waals surface area (Å²) in [6.07, 6.45) is 1.12. The molecule has 1 aromatic rings. The van der Waals surface area contributed by atoms with Crippen molar-refractivity contribution < 1.29 is 9.47 Å². The molecule has 1 aliphatic heterocycles. The van der Waals surface area contributed by atoms with Gasteiger partial charge in [-0.1, -0.05) is 17.7 Å². The molecule has 1 fully saturated rings. The van der Waals surface area contributed by atoms with Crippen LogP contribution >= 0.6 is 0 Å². The molecule has 0 bridgehead atoms. The van der Waals surface area contributed by atoms with E-state index in [0.29, 0.717) is 12.6 Å². The SMILES string of the molecule is CNC1CCOCC1Oc1ccc(C)cc1. The molecule has 0 amide bonds. The molecule has 1 saturated heterocycles. The molecule has 16 heavy (non-hydrogen) atoms. The average Bonchev–Trinajstić information content (AvgIpc) is 2.33. The number of benzene rings is 1. The molecule has 0 aliphatic carbocycles. The Morgan fingerprint density at radius 3 is 2.75 bits per heavy atom. The molecule has 2 atom stereocenters. The van der Waals surface area contributed by atoms with Crippen molar-refractivity contribution in [2.24, 2.45) is 0 Å². The first-order valence-electron chi connectivity index (χ1n) is 5.78. The van der Waals surface area contributed by atoms with Gasteiger partial charge in [-0.2, -0.15) is 0 Å². The molecule has 0 aromatic heterocycles. The molecule has 1 aliphatic rings. The minimum Gasteiger partial charge on any atom is -0.486 e. The summed E-state index contributed by atoms with van der Waals surface area (Å²) in [6.45, 7) is 3.56. The van der Waals surface area contributed by atoms with Crippen LogP contribution in [-0.4, -0.2) is 32.4 Å². The number of ether oxygens (including phenoxy) is 2. The molecule has 0 spiro atoms. The van der Waals surface area contributed by atoms with Crippen molar-refractivity contribution in [1.82, 2.24) is 5.32 Å². The molecule has 1 N–H and O–H groups in total. The van der Waals surface area contributed by atoms with Gasteiger partial charge in [0.05, 0.1) is 6.61 Å². The third-order valence-corrected chi connectivity index (χ3v) is 2.98. The zero-order chi connectivity index (χ0) is 11.4. The van der Waals surface area contributed by atoms with Crippen LogP contribution in [-0.2, 0) is 4.74 Å². The van der Waals surface area contributed by atoms with Gasteiger partial charge in [-0.25, -0.2) is 0 Å². The second kappa shape index (κ2) is 5.32. The molecule has 1 heterocycles. The fourth-order valence-corrected chi connectivity index (χ4v) is 1.95. The molecule has 1 aromatic carbocycles. The maximum absolute atomic E-state index is 5.93. The number of rotatable bonds is 3. The Kier molecular flexibility index (Phi) is 3.80. The van der Waals surface area contributed by atoms with Gasteiger partial charge >= 0.3 is 0 Å². The first-order valence-corrected chi connectivity index (χ1v) is 5.78. The number of aryl methyl sites for hydroxylation is 1. The third-order valence-electron chi connectivity index (χ3n) is 2.98. The molecular weight excluding hydrogens is 202 g/mol. The van der Waals surface area contributed by atoms with Crippen LogP contribution < -0.4 is 10.1 Å². The highest BCUT2D eigenvalue weighted by Crippen LogP contribution is 2.18. The average molecular weight is 221 g/mol. The van der Waals surface area contributed by atoms with Gasteiger partial charge in [0.25, 0.3) is 0 Å². The monoisotopic (exact) mass is 221 g/mol. The Hall–Kier alpha value is -1.06. The quantitative estimate of drug-likeness (QED) is 0.843. The summed E-state index contributed by atoms with van der Waals surface area (Å²) in [6, 6.07) is 8.53. The zero-order valence-corrected chi connectivity index (χ0v) is 9.90. The number of hydrogen-bond acceptors (Lipinski definition) is 3. The van der Waals surface area contributed by atoms with E-state index in [-0.39, 0.29) is 6.10 Å². The van der Waals surface area contributed by atoms with Crippen molar-refractivity contribution >= 4 is 0 Å². The van der Waals surface area contributed by atoms with Gasteiger partial charge < -0.3 is 14.8 Å². The first kappa shape index (κ1) is 11.4. The van der Waals surface area contributed by atoms with E-state index < -0.39 is 0 Å². The van der Waals surface area contributed by atoms with Gasteiger partial charge in [0.2, 0.25) is 0 Å². The predicted octanol–water partition coefficient (Wildman–Crippen LogP) is 1.75. The van der Waals surface area contributed by atoms with Gasteiger partial charge in [-0.15, -0.1) is 0 Å². The highest BCUT2D eigenvalue weighted by atomic mass is 16.5. The van der Waals surface area contributed by atoms with Gasteiger partial charge in [0.1, 0.15) is 11.9 Å². The molecule has 3 nitrogen and oxygen atoms in total. The summed E-state index contributed by atoms with van der Waals surface area (Å²) in [5, 5.41) is 3.28. The molecule has 3 heteroatoms. The van der Waals surface area contributed by atoms with Crippen molar-refractivity contribution in [3.8, 4) is 5.75 Å². The Balaban J connectivity index is 1.99. The summed E-state index contributed by atoms with van der Waals surface area (Å²) in [4.78, 5) is 0. The predicted molar refractivity (Wildman–Crippen MR) is 63.9 cm³/mol. The van der Waals surface area contributed by atoms with Crippen LogP contribution in [0.3, 0.4) is 0 Å². The van der Waals surface area contributed by atoms with E-state index in [4.69, 9.17) is 9.47 Å². The topological polar surface area (TPSA) is 30.5 Å². The van der Waals surface area contributed by atoms with E-state index in [1.54, 1.807) is 0 Å². The lowest BCUT2D eigenvalue weighted by Gasteiger charge is -2.31. The number of nitrogens with one attached hydrogen (secondary N) is 1. The Bertz CT molecular complexity index is 323. The molecule has 0 radical (unpaired) electrons. The summed E-state index contributed by atoms with van der Waals surface area (Å²) < 4.78 is 11.4. The Morgan fingerprint density at radius 2 is 2.06 bits per heavy atom. The van der Waals surface area contributed by atoms with Crippen LogP contribution in [0.15, 0.2) is 24.3 Å². The van der Waals surface area contributed by atoms with Crippen LogP contribution in [0.25, 0.3) is 0 Å². The number of likely N-dealkylation sites (N-methyl/N-ethyl adjacent to an activating group) is 1. The maximum atomic E-state index is 5.93. The summed E-state index contributed by atoms with van der Waals surface area (Å²) in [5.41, 5.74) is 1.25. The standard InChI is InChI=1S/C13H19NO2/c1-10-3-5-11(6-4-10)16-13-9-15-8-7-12(13)14-2/h3-6,12-14H,7-9H2,1-2H3. The summed E-state index contributed by atoms with van der Waals surface area (Å²) in [5.74, 6) is 0.918. The van der Waals surface area contributed by atoms with Crippen molar-refractivity contribution in [2.75, 3.05) is 20.3 Å². The molecule has 88 valence electrons. The molecular formula is C13H19NO2. The van der Waals surface area contributed by atoms with E-state index in [1.807, 2.05) is 19.2 Å². The highest BCUT2D eigenvalue weighted by Gasteiger charge is 2.25. The van der Waals surface area contributed by atoms with Gasteiger partial charge in [-0.3, -0.25) is 0 Å². The van der Waals surface area contributed by atoms with Gasteiger partial charge in [0.15, 0.2) is 0 Å². The lowest BCUT2D eigenvalue weighted by molar-refractivity contribution is -0.0129. The third kappa shape index (κ3) is 2.74. The lowest BCUT2D eigenvalue weighted by atomic mass is 10.1. The van der Waals surface area contributed by atoms with E-state index >= 15 is 0 Å².